The molecule has 2 amide bonds. The second kappa shape index (κ2) is 8.31. The van der Waals surface area contributed by atoms with Crippen molar-refractivity contribution in [2.75, 3.05) is 25.1 Å². The number of rotatable bonds is 5. The Hall–Kier alpha value is -1.59. The van der Waals surface area contributed by atoms with Gasteiger partial charge in [-0.1, -0.05) is 19.9 Å². The Labute approximate surface area is 138 Å². The molecule has 1 heterocycles. The standard InChI is InChI=1S/C18H28N2O3/c1-4-14-6-7-16(11-15(14)5-2)19-18(22)20-8-9-23-12-17(20)10-13(3)21/h6-7,11,13,17,21H,4-5,8-10,12H2,1-3H3,(H,19,22). The minimum atomic E-state index is -0.451. The summed E-state index contributed by atoms with van der Waals surface area (Å²) in [4.78, 5) is 14.4. The maximum Gasteiger partial charge on any atom is 0.322 e. The third-order valence-electron chi connectivity index (χ3n) is 4.32. The van der Waals surface area contributed by atoms with Gasteiger partial charge in [-0.2, -0.15) is 0 Å². The highest BCUT2D eigenvalue weighted by atomic mass is 16.5. The number of morpholine rings is 1. The molecular formula is C18H28N2O3. The molecule has 0 saturated carbocycles. The van der Waals surface area contributed by atoms with Crippen molar-refractivity contribution in [1.29, 1.82) is 0 Å². The van der Waals surface area contributed by atoms with E-state index in [0.29, 0.717) is 26.2 Å². The number of benzene rings is 1. The number of nitrogens with one attached hydrogen (secondary N) is 1. The van der Waals surface area contributed by atoms with Gasteiger partial charge in [0, 0.05) is 12.2 Å². The first-order chi connectivity index (χ1) is 11.0. The molecule has 2 N–H and O–H groups in total. The van der Waals surface area contributed by atoms with Gasteiger partial charge < -0.3 is 20.1 Å². The summed E-state index contributed by atoms with van der Waals surface area (Å²) in [5, 5.41) is 12.6. The van der Waals surface area contributed by atoms with Crippen molar-refractivity contribution < 1.29 is 14.6 Å². The zero-order valence-electron chi connectivity index (χ0n) is 14.3. The van der Waals surface area contributed by atoms with Crippen LogP contribution in [0.1, 0.15) is 38.3 Å². The average molecular weight is 320 g/mol. The number of hydrogen-bond acceptors (Lipinski definition) is 3. The fourth-order valence-electron chi connectivity index (χ4n) is 3.08. The molecule has 1 aromatic rings. The van der Waals surface area contributed by atoms with Crippen LogP contribution in [0.15, 0.2) is 18.2 Å². The summed E-state index contributed by atoms with van der Waals surface area (Å²) in [5.74, 6) is 0. The van der Waals surface area contributed by atoms with Gasteiger partial charge in [-0.05, 0) is 49.4 Å². The van der Waals surface area contributed by atoms with Gasteiger partial charge >= 0.3 is 6.03 Å². The molecule has 2 atom stereocenters. The Bertz CT molecular complexity index is 531. The Morgan fingerprint density at radius 3 is 2.78 bits per heavy atom. The van der Waals surface area contributed by atoms with Crippen molar-refractivity contribution in [3.05, 3.63) is 29.3 Å². The first kappa shape index (κ1) is 17.8. The molecule has 1 saturated heterocycles. The molecule has 128 valence electrons. The molecule has 1 aliphatic rings. The highest BCUT2D eigenvalue weighted by molar-refractivity contribution is 5.89. The molecule has 0 spiro atoms. The van der Waals surface area contributed by atoms with E-state index in [2.05, 4.69) is 31.3 Å². The summed E-state index contributed by atoms with van der Waals surface area (Å²) in [5.41, 5.74) is 3.42. The maximum atomic E-state index is 12.6. The van der Waals surface area contributed by atoms with E-state index in [1.807, 2.05) is 6.07 Å². The van der Waals surface area contributed by atoms with Crippen LogP contribution in [0.2, 0.25) is 0 Å². The zero-order chi connectivity index (χ0) is 16.8. The van der Waals surface area contributed by atoms with E-state index in [4.69, 9.17) is 4.74 Å². The van der Waals surface area contributed by atoms with Crippen LogP contribution in [-0.4, -0.2) is 47.9 Å². The monoisotopic (exact) mass is 320 g/mol. The third-order valence-corrected chi connectivity index (χ3v) is 4.32. The van der Waals surface area contributed by atoms with Gasteiger partial charge in [0.1, 0.15) is 0 Å². The minimum Gasteiger partial charge on any atom is -0.393 e. The molecule has 23 heavy (non-hydrogen) atoms. The normalized spacial score (nSPS) is 19.5. The van der Waals surface area contributed by atoms with Crippen molar-refractivity contribution in [3.8, 4) is 0 Å². The van der Waals surface area contributed by atoms with E-state index in [-0.39, 0.29) is 12.1 Å². The Morgan fingerprint density at radius 1 is 1.39 bits per heavy atom. The Balaban J connectivity index is 2.07. The van der Waals surface area contributed by atoms with Gasteiger partial charge in [0.05, 0.1) is 25.4 Å². The molecule has 1 aliphatic heterocycles. The molecule has 0 aromatic heterocycles. The lowest BCUT2D eigenvalue weighted by Gasteiger charge is -2.36. The van der Waals surface area contributed by atoms with Crippen LogP contribution in [0.3, 0.4) is 0 Å². The van der Waals surface area contributed by atoms with Gasteiger partial charge in [0.15, 0.2) is 0 Å². The fourth-order valence-corrected chi connectivity index (χ4v) is 3.08. The lowest BCUT2D eigenvalue weighted by molar-refractivity contribution is -0.00160. The SMILES string of the molecule is CCc1ccc(NC(=O)N2CCOCC2CC(C)O)cc1CC. The van der Waals surface area contributed by atoms with Gasteiger partial charge in [-0.3, -0.25) is 0 Å². The number of aliphatic hydroxyl groups is 1. The molecule has 1 aromatic carbocycles. The van der Waals surface area contributed by atoms with Gasteiger partial charge in [0.25, 0.3) is 0 Å². The van der Waals surface area contributed by atoms with E-state index in [0.717, 1.165) is 18.5 Å². The van der Waals surface area contributed by atoms with Crippen molar-refractivity contribution in [2.24, 2.45) is 0 Å². The Morgan fingerprint density at radius 2 is 2.13 bits per heavy atom. The van der Waals surface area contributed by atoms with Crippen molar-refractivity contribution in [1.82, 2.24) is 4.90 Å². The summed E-state index contributed by atoms with van der Waals surface area (Å²) in [6.45, 7) is 7.58. The highest BCUT2D eigenvalue weighted by Gasteiger charge is 2.28. The van der Waals surface area contributed by atoms with Crippen molar-refractivity contribution in [3.63, 3.8) is 0 Å². The number of carbonyl (C=O) groups is 1. The van der Waals surface area contributed by atoms with Crippen LogP contribution in [0.5, 0.6) is 0 Å². The van der Waals surface area contributed by atoms with Crippen LogP contribution >= 0.6 is 0 Å². The van der Waals surface area contributed by atoms with E-state index in [9.17, 15) is 9.90 Å². The van der Waals surface area contributed by atoms with Crippen LogP contribution < -0.4 is 5.32 Å². The number of nitrogens with zero attached hydrogens (tertiary/aromatic N) is 1. The number of anilines is 1. The zero-order valence-corrected chi connectivity index (χ0v) is 14.3. The van der Waals surface area contributed by atoms with Crippen LogP contribution in [-0.2, 0) is 17.6 Å². The average Bonchev–Trinajstić information content (AvgIpc) is 2.54. The second-order valence-electron chi connectivity index (χ2n) is 6.13. The van der Waals surface area contributed by atoms with Crippen LogP contribution in [0.25, 0.3) is 0 Å². The molecule has 0 radical (unpaired) electrons. The van der Waals surface area contributed by atoms with Crippen LogP contribution in [0.4, 0.5) is 10.5 Å². The van der Waals surface area contributed by atoms with E-state index < -0.39 is 6.10 Å². The molecule has 1 fully saturated rings. The van der Waals surface area contributed by atoms with Crippen LogP contribution in [0, 0.1) is 0 Å². The number of aryl methyl sites for hydroxylation is 2. The summed E-state index contributed by atoms with van der Waals surface area (Å²) in [7, 11) is 0. The third kappa shape index (κ3) is 4.69. The summed E-state index contributed by atoms with van der Waals surface area (Å²) >= 11 is 0. The number of amides is 2. The molecule has 2 rings (SSSR count). The first-order valence-electron chi connectivity index (χ1n) is 8.50. The van der Waals surface area contributed by atoms with Crippen molar-refractivity contribution >= 4 is 11.7 Å². The Kier molecular flexibility index (Phi) is 6.42. The summed E-state index contributed by atoms with van der Waals surface area (Å²) in [6, 6.07) is 5.90. The fraction of sp³-hybridized carbons (Fsp3) is 0.611. The number of aliphatic hydroxyl groups excluding tert-OH is 1. The minimum absolute atomic E-state index is 0.0793. The van der Waals surface area contributed by atoms with E-state index >= 15 is 0 Å². The molecule has 5 nitrogen and oxygen atoms in total. The van der Waals surface area contributed by atoms with Gasteiger partial charge in [-0.25, -0.2) is 4.79 Å². The van der Waals surface area contributed by atoms with E-state index in [1.165, 1.54) is 11.1 Å². The number of hydrogen-bond donors (Lipinski definition) is 2. The number of carbonyl (C=O) groups excluding carboxylic acids is 1. The topological polar surface area (TPSA) is 61.8 Å². The molecule has 5 heteroatoms. The first-order valence-corrected chi connectivity index (χ1v) is 8.50. The molecule has 0 bridgehead atoms. The number of ether oxygens (including phenoxy) is 1. The predicted octanol–water partition coefficient (Wildman–Crippen LogP) is 2.82. The summed E-state index contributed by atoms with van der Waals surface area (Å²) < 4.78 is 5.45. The maximum absolute atomic E-state index is 12.6. The molecular weight excluding hydrogens is 292 g/mol. The van der Waals surface area contributed by atoms with Gasteiger partial charge in [-0.15, -0.1) is 0 Å². The smallest absolute Gasteiger partial charge is 0.322 e. The highest BCUT2D eigenvalue weighted by Crippen LogP contribution is 2.19. The predicted molar refractivity (Wildman–Crippen MR) is 91.8 cm³/mol. The van der Waals surface area contributed by atoms with Crippen molar-refractivity contribution in [2.45, 2.75) is 52.2 Å². The lowest BCUT2D eigenvalue weighted by atomic mass is 10.0. The summed E-state index contributed by atoms with van der Waals surface area (Å²) in [6.07, 6.45) is 2.03. The van der Waals surface area contributed by atoms with Gasteiger partial charge in [0.2, 0.25) is 0 Å². The van der Waals surface area contributed by atoms with E-state index in [1.54, 1.807) is 11.8 Å². The molecule has 0 aliphatic carbocycles. The second-order valence-corrected chi connectivity index (χ2v) is 6.13. The lowest BCUT2D eigenvalue weighted by Crippen LogP contribution is -2.51. The number of urea groups is 1. The quantitative estimate of drug-likeness (QED) is 0.877. The molecule has 2 unspecified atom stereocenters. The largest absolute Gasteiger partial charge is 0.393 e.